The maximum Gasteiger partial charge on any atom is 0.243 e. The molecule has 0 heterocycles. The van der Waals surface area contributed by atoms with E-state index in [0.29, 0.717) is 12.1 Å². The van der Waals surface area contributed by atoms with E-state index in [1.54, 1.807) is 6.92 Å². The number of benzene rings is 1. The average molecular weight is 281 g/mol. The number of anilines is 1. The molecular formula is C14H20FN3O2. The van der Waals surface area contributed by atoms with Crippen molar-refractivity contribution < 1.29 is 14.0 Å². The number of carbonyl (C=O) groups excluding carboxylic acids is 2. The molecule has 1 atom stereocenters. The van der Waals surface area contributed by atoms with Gasteiger partial charge in [-0.15, -0.1) is 0 Å². The molecule has 1 aromatic carbocycles. The first-order valence-electron chi connectivity index (χ1n) is 6.48. The van der Waals surface area contributed by atoms with Crippen LogP contribution in [0, 0.1) is 5.82 Å². The van der Waals surface area contributed by atoms with Gasteiger partial charge in [-0.05, 0) is 37.6 Å². The van der Waals surface area contributed by atoms with Crippen LogP contribution in [0.5, 0.6) is 0 Å². The Morgan fingerprint density at radius 1 is 1.30 bits per heavy atom. The topological polar surface area (TPSA) is 84.2 Å². The largest absolute Gasteiger partial charge is 0.345 e. The quantitative estimate of drug-likeness (QED) is 0.737. The second-order valence-corrected chi connectivity index (χ2v) is 4.91. The minimum atomic E-state index is -0.981. The fourth-order valence-corrected chi connectivity index (χ4v) is 1.73. The van der Waals surface area contributed by atoms with Gasteiger partial charge < -0.3 is 16.4 Å². The molecule has 0 saturated heterocycles. The first kappa shape index (κ1) is 16.1. The Morgan fingerprint density at radius 2 is 1.90 bits per heavy atom. The highest BCUT2D eigenvalue weighted by atomic mass is 19.1. The molecule has 0 bridgehead atoms. The second-order valence-electron chi connectivity index (χ2n) is 4.91. The summed E-state index contributed by atoms with van der Waals surface area (Å²) in [7, 11) is 0. The SMILES string of the molecule is CCCC(C)(N)C(=O)NCC(=O)Nc1ccc(F)cc1. The maximum absolute atomic E-state index is 12.7. The molecule has 2 amide bonds. The van der Waals surface area contributed by atoms with Crippen molar-refractivity contribution in [3.8, 4) is 0 Å². The molecule has 6 heteroatoms. The number of amides is 2. The number of rotatable bonds is 6. The number of hydrogen-bond donors (Lipinski definition) is 3. The van der Waals surface area contributed by atoms with Crippen LogP contribution in [0.25, 0.3) is 0 Å². The van der Waals surface area contributed by atoms with Crippen LogP contribution >= 0.6 is 0 Å². The third-order valence-corrected chi connectivity index (χ3v) is 2.83. The Bertz CT molecular complexity index is 472. The molecule has 0 radical (unpaired) electrons. The fraction of sp³-hybridized carbons (Fsp3) is 0.429. The molecule has 0 saturated carbocycles. The minimum absolute atomic E-state index is 0.174. The molecule has 20 heavy (non-hydrogen) atoms. The molecule has 110 valence electrons. The van der Waals surface area contributed by atoms with E-state index in [1.807, 2.05) is 6.92 Å². The summed E-state index contributed by atoms with van der Waals surface area (Å²) in [6.45, 7) is 3.38. The maximum atomic E-state index is 12.7. The minimum Gasteiger partial charge on any atom is -0.345 e. The van der Waals surface area contributed by atoms with E-state index < -0.39 is 11.4 Å². The zero-order chi connectivity index (χ0) is 15.2. The Kier molecular flexibility index (Phi) is 5.64. The third kappa shape index (κ3) is 4.97. The van der Waals surface area contributed by atoms with Gasteiger partial charge in [0.15, 0.2) is 0 Å². The lowest BCUT2D eigenvalue weighted by atomic mass is 9.96. The van der Waals surface area contributed by atoms with Gasteiger partial charge in [-0.2, -0.15) is 0 Å². The molecule has 0 spiro atoms. The van der Waals surface area contributed by atoms with Crippen molar-refractivity contribution >= 4 is 17.5 Å². The highest BCUT2D eigenvalue weighted by Crippen LogP contribution is 2.09. The Hall–Kier alpha value is -1.95. The van der Waals surface area contributed by atoms with Gasteiger partial charge in [-0.3, -0.25) is 9.59 Å². The Balaban J connectivity index is 2.43. The lowest BCUT2D eigenvalue weighted by molar-refractivity contribution is -0.128. The Labute approximate surface area is 117 Å². The van der Waals surface area contributed by atoms with E-state index in [9.17, 15) is 14.0 Å². The van der Waals surface area contributed by atoms with Crippen LogP contribution in [0.15, 0.2) is 24.3 Å². The summed E-state index contributed by atoms with van der Waals surface area (Å²) in [5, 5.41) is 5.04. The Morgan fingerprint density at radius 3 is 2.45 bits per heavy atom. The number of carbonyl (C=O) groups is 2. The predicted molar refractivity (Wildman–Crippen MR) is 75.5 cm³/mol. The summed E-state index contributed by atoms with van der Waals surface area (Å²) >= 11 is 0. The first-order valence-corrected chi connectivity index (χ1v) is 6.48. The third-order valence-electron chi connectivity index (χ3n) is 2.83. The van der Waals surface area contributed by atoms with E-state index in [2.05, 4.69) is 10.6 Å². The fourth-order valence-electron chi connectivity index (χ4n) is 1.73. The zero-order valence-electron chi connectivity index (χ0n) is 11.7. The molecule has 0 aromatic heterocycles. The van der Waals surface area contributed by atoms with Crippen LogP contribution in [-0.2, 0) is 9.59 Å². The number of nitrogens with two attached hydrogens (primary N) is 1. The van der Waals surface area contributed by atoms with Gasteiger partial charge in [0.05, 0.1) is 12.1 Å². The average Bonchev–Trinajstić information content (AvgIpc) is 2.38. The van der Waals surface area contributed by atoms with Crippen molar-refractivity contribution in [1.29, 1.82) is 0 Å². The van der Waals surface area contributed by atoms with Crippen molar-refractivity contribution in [2.24, 2.45) is 5.73 Å². The summed E-state index contributed by atoms with van der Waals surface area (Å²) < 4.78 is 12.7. The van der Waals surface area contributed by atoms with Crippen LogP contribution in [-0.4, -0.2) is 23.9 Å². The van der Waals surface area contributed by atoms with Crippen molar-refractivity contribution in [3.05, 3.63) is 30.1 Å². The van der Waals surface area contributed by atoms with Crippen LogP contribution in [0.1, 0.15) is 26.7 Å². The standard InChI is InChI=1S/C14H20FN3O2/c1-3-8-14(2,16)13(20)17-9-12(19)18-11-6-4-10(15)5-7-11/h4-7H,3,8-9,16H2,1-2H3,(H,17,20)(H,18,19). The molecular weight excluding hydrogens is 261 g/mol. The van der Waals surface area contributed by atoms with Crippen LogP contribution in [0.2, 0.25) is 0 Å². The molecule has 0 aliphatic rings. The van der Waals surface area contributed by atoms with E-state index in [0.717, 1.165) is 6.42 Å². The zero-order valence-corrected chi connectivity index (χ0v) is 11.7. The molecule has 1 rings (SSSR count). The number of nitrogens with one attached hydrogen (secondary N) is 2. The van der Waals surface area contributed by atoms with Crippen molar-refractivity contribution in [2.45, 2.75) is 32.2 Å². The van der Waals surface area contributed by atoms with E-state index >= 15 is 0 Å². The lowest BCUT2D eigenvalue weighted by Crippen LogP contribution is -2.52. The van der Waals surface area contributed by atoms with Crippen molar-refractivity contribution in [1.82, 2.24) is 5.32 Å². The summed E-state index contributed by atoms with van der Waals surface area (Å²) in [5.41, 5.74) is 5.33. The van der Waals surface area contributed by atoms with Gasteiger partial charge in [-0.25, -0.2) is 4.39 Å². The van der Waals surface area contributed by atoms with Crippen LogP contribution in [0.4, 0.5) is 10.1 Å². The summed E-state index contributed by atoms with van der Waals surface area (Å²) in [5.74, 6) is -1.14. The van der Waals surface area contributed by atoms with E-state index in [4.69, 9.17) is 5.73 Å². The van der Waals surface area contributed by atoms with Gasteiger partial charge in [0.2, 0.25) is 11.8 Å². The number of halogens is 1. The van der Waals surface area contributed by atoms with E-state index in [-0.39, 0.29) is 18.3 Å². The van der Waals surface area contributed by atoms with Gasteiger partial charge in [0.1, 0.15) is 5.82 Å². The highest BCUT2D eigenvalue weighted by Gasteiger charge is 2.27. The summed E-state index contributed by atoms with van der Waals surface area (Å²) in [6, 6.07) is 5.37. The molecule has 1 aromatic rings. The monoisotopic (exact) mass is 281 g/mol. The molecule has 0 aliphatic carbocycles. The molecule has 4 N–H and O–H groups in total. The first-order chi connectivity index (χ1) is 9.35. The van der Waals surface area contributed by atoms with Gasteiger partial charge in [0, 0.05) is 5.69 Å². The second kappa shape index (κ2) is 7.00. The molecule has 0 fully saturated rings. The lowest BCUT2D eigenvalue weighted by Gasteiger charge is -2.22. The number of hydrogen-bond acceptors (Lipinski definition) is 3. The smallest absolute Gasteiger partial charge is 0.243 e. The molecule has 1 unspecified atom stereocenters. The van der Waals surface area contributed by atoms with Crippen molar-refractivity contribution in [2.75, 3.05) is 11.9 Å². The summed E-state index contributed by atoms with van der Waals surface area (Å²) in [4.78, 5) is 23.4. The van der Waals surface area contributed by atoms with E-state index in [1.165, 1.54) is 24.3 Å². The van der Waals surface area contributed by atoms with Crippen LogP contribution < -0.4 is 16.4 Å². The van der Waals surface area contributed by atoms with Gasteiger partial charge in [0.25, 0.3) is 0 Å². The predicted octanol–water partition coefficient (Wildman–Crippen LogP) is 1.40. The van der Waals surface area contributed by atoms with Gasteiger partial charge in [-0.1, -0.05) is 13.3 Å². The molecule has 5 nitrogen and oxygen atoms in total. The highest BCUT2D eigenvalue weighted by molar-refractivity contribution is 5.96. The summed E-state index contributed by atoms with van der Waals surface area (Å²) in [6.07, 6.45) is 1.32. The van der Waals surface area contributed by atoms with Gasteiger partial charge >= 0.3 is 0 Å². The van der Waals surface area contributed by atoms with Crippen LogP contribution in [0.3, 0.4) is 0 Å². The van der Waals surface area contributed by atoms with Crippen molar-refractivity contribution in [3.63, 3.8) is 0 Å². The molecule has 0 aliphatic heterocycles. The normalized spacial score (nSPS) is 13.4.